The van der Waals surface area contributed by atoms with E-state index >= 15 is 0 Å². The van der Waals surface area contributed by atoms with E-state index in [0.717, 1.165) is 30.2 Å². The van der Waals surface area contributed by atoms with Gasteiger partial charge in [-0.15, -0.1) is 0 Å². The van der Waals surface area contributed by atoms with Gasteiger partial charge in [0.15, 0.2) is 0 Å². The lowest BCUT2D eigenvalue weighted by Crippen LogP contribution is -2.31. The van der Waals surface area contributed by atoms with Crippen LogP contribution in [0.4, 0.5) is 0 Å². The molecule has 4 nitrogen and oxygen atoms in total. The van der Waals surface area contributed by atoms with Gasteiger partial charge in [0.25, 0.3) is 0 Å². The Kier molecular flexibility index (Phi) is 5.03. The first kappa shape index (κ1) is 15.0. The number of hydrogen-bond acceptors (Lipinski definition) is 3. The molecule has 0 radical (unpaired) electrons. The van der Waals surface area contributed by atoms with Crippen LogP contribution >= 0.6 is 15.9 Å². The van der Waals surface area contributed by atoms with Crippen LogP contribution in [0.25, 0.3) is 0 Å². The van der Waals surface area contributed by atoms with Gasteiger partial charge in [-0.1, -0.05) is 19.3 Å². The molecule has 1 fully saturated rings. The van der Waals surface area contributed by atoms with Crippen molar-refractivity contribution >= 4 is 15.9 Å². The Bertz CT molecular complexity index is 414. The maximum atomic E-state index is 10.5. The fourth-order valence-corrected chi connectivity index (χ4v) is 3.44. The lowest BCUT2D eigenvalue weighted by atomic mass is 9.83. The molecule has 0 amide bonds. The van der Waals surface area contributed by atoms with Crippen LogP contribution < -0.4 is 0 Å². The standard InChI is InChI=1S/C14H23BrN2O2/c1-9(2)17-12(11(15)8-16-17)14(19)13(18)10-6-4-3-5-7-10/h8-10,13-14,18-19H,3-7H2,1-2H3. The summed E-state index contributed by atoms with van der Waals surface area (Å²) in [5.74, 6) is 0.200. The molecule has 1 heterocycles. The average Bonchev–Trinajstić information content (AvgIpc) is 2.80. The fraction of sp³-hybridized carbons (Fsp3) is 0.786. The number of aliphatic hydroxyl groups excluding tert-OH is 2. The molecule has 0 bridgehead atoms. The van der Waals surface area contributed by atoms with E-state index in [2.05, 4.69) is 21.0 Å². The zero-order valence-electron chi connectivity index (χ0n) is 11.6. The van der Waals surface area contributed by atoms with Gasteiger partial charge in [0, 0.05) is 6.04 Å². The van der Waals surface area contributed by atoms with Crippen molar-refractivity contribution in [3.63, 3.8) is 0 Å². The first-order chi connectivity index (χ1) is 9.02. The molecule has 19 heavy (non-hydrogen) atoms. The van der Waals surface area contributed by atoms with Gasteiger partial charge >= 0.3 is 0 Å². The molecule has 1 aliphatic carbocycles. The van der Waals surface area contributed by atoms with Crippen LogP contribution in [-0.4, -0.2) is 26.1 Å². The van der Waals surface area contributed by atoms with Crippen molar-refractivity contribution in [2.75, 3.05) is 0 Å². The van der Waals surface area contributed by atoms with Gasteiger partial charge in [-0.2, -0.15) is 5.10 Å². The molecule has 1 aromatic rings. The molecule has 1 aromatic heterocycles. The summed E-state index contributed by atoms with van der Waals surface area (Å²) in [7, 11) is 0. The topological polar surface area (TPSA) is 58.3 Å². The first-order valence-electron chi connectivity index (χ1n) is 7.11. The summed E-state index contributed by atoms with van der Waals surface area (Å²) >= 11 is 3.42. The molecule has 1 saturated carbocycles. The number of nitrogens with zero attached hydrogens (tertiary/aromatic N) is 2. The van der Waals surface area contributed by atoms with Crippen molar-refractivity contribution in [3.8, 4) is 0 Å². The van der Waals surface area contributed by atoms with Crippen molar-refractivity contribution < 1.29 is 10.2 Å². The van der Waals surface area contributed by atoms with Crippen LogP contribution in [0, 0.1) is 5.92 Å². The Hall–Kier alpha value is -0.390. The van der Waals surface area contributed by atoms with Crippen molar-refractivity contribution in [1.82, 2.24) is 9.78 Å². The van der Waals surface area contributed by atoms with Crippen LogP contribution in [0.2, 0.25) is 0 Å². The molecule has 2 unspecified atom stereocenters. The number of halogens is 1. The minimum Gasteiger partial charge on any atom is -0.390 e. The highest BCUT2D eigenvalue weighted by atomic mass is 79.9. The highest BCUT2D eigenvalue weighted by Crippen LogP contribution is 2.35. The Morgan fingerprint density at radius 1 is 1.26 bits per heavy atom. The second-order valence-corrected chi connectivity index (χ2v) is 6.60. The van der Waals surface area contributed by atoms with Crippen LogP contribution in [0.5, 0.6) is 0 Å². The summed E-state index contributed by atoms with van der Waals surface area (Å²) in [6, 6.07) is 0.162. The van der Waals surface area contributed by atoms with Gasteiger partial charge in [0.05, 0.1) is 22.5 Å². The van der Waals surface area contributed by atoms with Gasteiger partial charge in [-0.3, -0.25) is 4.68 Å². The molecule has 2 rings (SSSR count). The van der Waals surface area contributed by atoms with Crippen molar-refractivity contribution in [3.05, 3.63) is 16.4 Å². The summed E-state index contributed by atoms with van der Waals surface area (Å²) in [4.78, 5) is 0. The monoisotopic (exact) mass is 330 g/mol. The van der Waals surface area contributed by atoms with Crippen molar-refractivity contribution in [1.29, 1.82) is 0 Å². The third-order valence-electron chi connectivity index (χ3n) is 4.01. The number of hydrogen-bond donors (Lipinski definition) is 2. The van der Waals surface area contributed by atoms with E-state index in [4.69, 9.17) is 0 Å². The molecule has 108 valence electrons. The molecule has 0 aliphatic heterocycles. The van der Waals surface area contributed by atoms with E-state index in [1.807, 2.05) is 13.8 Å². The van der Waals surface area contributed by atoms with E-state index in [9.17, 15) is 10.2 Å². The summed E-state index contributed by atoms with van der Waals surface area (Å²) < 4.78 is 2.55. The molecule has 2 atom stereocenters. The molecule has 0 spiro atoms. The summed E-state index contributed by atoms with van der Waals surface area (Å²) in [6.07, 6.45) is 5.67. The molecule has 2 N–H and O–H groups in total. The highest BCUT2D eigenvalue weighted by molar-refractivity contribution is 9.10. The van der Waals surface area contributed by atoms with E-state index in [-0.39, 0.29) is 12.0 Å². The van der Waals surface area contributed by atoms with Gasteiger partial charge in [-0.05, 0) is 48.5 Å². The molecule has 0 aromatic carbocycles. The number of aliphatic hydroxyl groups is 2. The van der Waals surface area contributed by atoms with Gasteiger partial charge in [0.1, 0.15) is 6.10 Å². The SMILES string of the molecule is CC(C)n1ncc(Br)c1C(O)C(O)C1CCCCC1. The molecule has 5 heteroatoms. The third kappa shape index (κ3) is 3.20. The quantitative estimate of drug-likeness (QED) is 0.891. The van der Waals surface area contributed by atoms with Gasteiger partial charge in [0.2, 0.25) is 0 Å². The van der Waals surface area contributed by atoms with E-state index < -0.39 is 12.2 Å². The second kappa shape index (κ2) is 6.37. The Labute approximate surface area is 123 Å². The van der Waals surface area contributed by atoms with Crippen LogP contribution in [0.15, 0.2) is 10.7 Å². The maximum Gasteiger partial charge on any atom is 0.123 e. The molecular formula is C14H23BrN2O2. The third-order valence-corrected chi connectivity index (χ3v) is 4.62. The molecular weight excluding hydrogens is 308 g/mol. The molecule has 0 saturated heterocycles. The first-order valence-corrected chi connectivity index (χ1v) is 7.90. The van der Waals surface area contributed by atoms with Crippen LogP contribution in [-0.2, 0) is 0 Å². The highest BCUT2D eigenvalue weighted by Gasteiger charge is 2.32. The Morgan fingerprint density at radius 2 is 1.89 bits per heavy atom. The minimum absolute atomic E-state index is 0.162. The van der Waals surface area contributed by atoms with E-state index in [0.29, 0.717) is 5.69 Å². The van der Waals surface area contributed by atoms with E-state index in [1.54, 1.807) is 10.9 Å². The normalized spacial score (nSPS) is 20.7. The summed E-state index contributed by atoms with van der Waals surface area (Å²) in [6.45, 7) is 4.03. The largest absolute Gasteiger partial charge is 0.390 e. The zero-order valence-corrected chi connectivity index (χ0v) is 13.2. The fourth-order valence-electron chi connectivity index (χ4n) is 2.93. The Morgan fingerprint density at radius 3 is 2.47 bits per heavy atom. The molecule has 1 aliphatic rings. The van der Waals surface area contributed by atoms with Crippen molar-refractivity contribution in [2.45, 2.75) is 64.2 Å². The average molecular weight is 331 g/mol. The van der Waals surface area contributed by atoms with Crippen LogP contribution in [0.3, 0.4) is 0 Å². The second-order valence-electron chi connectivity index (χ2n) is 5.75. The maximum absolute atomic E-state index is 10.5. The van der Waals surface area contributed by atoms with Gasteiger partial charge < -0.3 is 10.2 Å². The lowest BCUT2D eigenvalue weighted by molar-refractivity contribution is -0.0333. The number of aromatic nitrogens is 2. The van der Waals surface area contributed by atoms with Crippen LogP contribution in [0.1, 0.15) is 63.8 Å². The van der Waals surface area contributed by atoms with E-state index in [1.165, 1.54) is 6.42 Å². The smallest absolute Gasteiger partial charge is 0.123 e. The van der Waals surface area contributed by atoms with Gasteiger partial charge in [-0.25, -0.2) is 0 Å². The Balaban J connectivity index is 2.18. The predicted octanol–water partition coefficient (Wildman–Crippen LogP) is 3.20. The summed E-state index contributed by atoms with van der Waals surface area (Å²) in [5.41, 5.74) is 0.688. The minimum atomic E-state index is -0.873. The van der Waals surface area contributed by atoms with Crippen molar-refractivity contribution in [2.24, 2.45) is 5.92 Å². The predicted molar refractivity (Wildman–Crippen MR) is 77.9 cm³/mol. The number of rotatable bonds is 4. The summed E-state index contributed by atoms with van der Waals surface area (Å²) in [5, 5.41) is 25.2. The zero-order chi connectivity index (χ0) is 14.0. The lowest BCUT2D eigenvalue weighted by Gasteiger charge is -2.30.